The fourth-order valence-electron chi connectivity index (χ4n) is 2.14. The highest BCUT2D eigenvalue weighted by Gasteiger charge is 2.05. The van der Waals surface area contributed by atoms with Gasteiger partial charge in [-0.15, -0.1) is 11.8 Å². The molecule has 22 heavy (non-hydrogen) atoms. The van der Waals surface area contributed by atoms with Crippen LogP contribution in [0.1, 0.15) is 11.1 Å². The molecule has 1 heterocycles. The summed E-state index contributed by atoms with van der Waals surface area (Å²) in [4.78, 5) is 5.35. The minimum atomic E-state index is 0.593. The van der Waals surface area contributed by atoms with Crippen molar-refractivity contribution >= 4 is 35.0 Å². The third kappa shape index (κ3) is 3.86. The lowest BCUT2D eigenvalue weighted by Gasteiger charge is -2.10. The molecule has 0 aliphatic carbocycles. The second-order valence-corrected chi connectivity index (χ2v) is 6.71. The van der Waals surface area contributed by atoms with Gasteiger partial charge in [-0.05, 0) is 29.3 Å². The van der Waals surface area contributed by atoms with Crippen LogP contribution in [0, 0.1) is 0 Å². The Balaban J connectivity index is 1.73. The molecule has 0 amide bonds. The van der Waals surface area contributed by atoms with Crippen molar-refractivity contribution in [3.63, 3.8) is 0 Å². The summed E-state index contributed by atoms with van der Waals surface area (Å²) in [7, 11) is 0. The zero-order valence-electron chi connectivity index (χ0n) is 11.7. The highest BCUT2D eigenvalue weighted by molar-refractivity contribution is 7.98. The second-order valence-electron chi connectivity index (χ2n) is 4.88. The zero-order chi connectivity index (χ0) is 15.4. The maximum absolute atomic E-state index is 6.07. The monoisotopic (exact) mass is 348 g/mol. The molecule has 0 saturated heterocycles. The number of thioether (sulfide) groups is 1. The fourth-order valence-corrected chi connectivity index (χ4v) is 3.46. The summed E-state index contributed by atoms with van der Waals surface area (Å²) in [5.41, 5.74) is 2.45. The van der Waals surface area contributed by atoms with Crippen molar-refractivity contribution < 1.29 is 0 Å². The van der Waals surface area contributed by atoms with E-state index in [0.717, 1.165) is 17.9 Å². The first-order chi connectivity index (χ1) is 10.7. The highest BCUT2D eigenvalue weighted by atomic mass is 35.5. The van der Waals surface area contributed by atoms with E-state index in [1.807, 2.05) is 30.7 Å². The molecule has 0 bridgehead atoms. The van der Waals surface area contributed by atoms with Crippen molar-refractivity contribution in [2.45, 2.75) is 17.2 Å². The first-order valence-electron chi connectivity index (χ1n) is 6.83. The molecule has 0 N–H and O–H groups in total. The van der Waals surface area contributed by atoms with Crippen LogP contribution in [0.5, 0.6) is 0 Å². The number of hydrogen-bond acceptors (Lipinski definition) is 2. The van der Waals surface area contributed by atoms with E-state index in [0.29, 0.717) is 10.0 Å². The highest BCUT2D eigenvalue weighted by Crippen LogP contribution is 2.29. The van der Waals surface area contributed by atoms with Crippen LogP contribution >= 0.6 is 35.0 Å². The molecule has 3 rings (SSSR count). The van der Waals surface area contributed by atoms with Crippen molar-refractivity contribution in [3.8, 4) is 0 Å². The molecule has 5 heteroatoms. The van der Waals surface area contributed by atoms with E-state index >= 15 is 0 Å². The summed E-state index contributed by atoms with van der Waals surface area (Å²) >= 11 is 13.8. The Morgan fingerprint density at radius 3 is 2.68 bits per heavy atom. The first kappa shape index (κ1) is 15.5. The normalized spacial score (nSPS) is 10.8. The van der Waals surface area contributed by atoms with Gasteiger partial charge in [0.2, 0.25) is 0 Å². The van der Waals surface area contributed by atoms with E-state index < -0.39 is 0 Å². The minimum absolute atomic E-state index is 0.593. The van der Waals surface area contributed by atoms with Gasteiger partial charge in [-0.3, -0.25) is 0 Å². The standard InChI is InChI=1S/C17H14Cl2N2S/c18-15-6-5-13(9-16(15)19)11-22-17-4-2-1-3-14(17)10-21-8-7-20-12-21/h1-9,12H,10-11H2. The van der Waals surface area contributed by atoms with E-state index in [9.17, 15) is 0 Å². The minimum Gasteiger partial charge on any atom is -0.333 e. The summed E-state index contributed by atoms with van der Waals surface area (Å²) in [6.45, 7) is 0.824. The topological polar surface area (TPSA) is 17.8 Å². The smallest absolute Gasteiger partial charge is 0.0949 e. The fraction of sp³-hybridized carbons (Fsp3) is 0.118. The van der Waals surface area contributed by atoms with Gasteiger partial charge < -0.3 is 4.57 Å². The summed E-state index contributed by atoms with van der Waals surface area (Å²) in [6.07, 6.45) is 5.60. The second kappa shape index (κ2) is 7.23. The number of hydrogen-bond donors (Lipinski definition) is 0. The van der Waals surface area contributed by atoms with Gasteiger partial charge in [0.25, 0.3) is 0 Å². The molecule has 0 spiro atoms. The number of imidazole rings is 1. The van der Waals surface area contributed by atoms with Crippen LogP contribution in [-0.2, 0) is 12.3 Å². The first-order valence-corrected chi connectivity index (χ1v) is 8.57. The van der Waals surface area contributed by atoms with E-state index in [-0.39, 0.29) is 0 Å². The largest absolute Gasteiger partial charge is 0.333 e. The molecule has 112 valence electrons. The van der Waals surface area contributed by atoms with Gasteiger partial charge in [0.05, 0.1) is 16.4 Å². The molecule has 0 fully saturated rings. The molecule has 0 unspecified atom stereocenters. The third-order valence-electron chi connectivity index (χ3n) is 3.26. The van der Waals surface area contributed by atoms with Crippen molar-refractivity contribution in [3.05, 3.63) is 82.4 Å². The lowest BCUT2D eigenvalue weighted by atomic mass is 10.2. The average molecular weight is 349 g/mol. The van der Waals surface area contributed by atoms with Crippen LogP contribution in [0.4, 0.5) is 0 Å². The molecule has 0 aliphatic heterocycles. The van der Waals surface area contributed by atoms with E-state index in [1.54, 1.807) is 18.0 Å². The van der Waals surface area contributed by atoms with Gasteiger partial charge in [0.15, 0.2) is 0 Å². The number of aromatic nitrogens is 2. The molecule has 0 saturated carbocycles. The lowest BCUT2D eigenvalue weighted by molar-refractivity contribution is 0.784. The Morgan fingerprint density at radius 1 is 1.05 bits per heavy atom. The van der Waals surface area contributed by atoms with Crippen LogP contribution in [-0.4, -0.2) is 9.55 Å². The number of rotatable bonds is 5. The van der Waals surface area contributed by atoms with Crippen molar-refractivity contribution in [2.24, 2.45) is 0 Å². The average Bonchev–Trinajstić information content (AvgIpc) is 3.03. The van der Waals surface area contributed by atoms with Gasteiger partial charge in [-0.25, -0.2) is 4.98 Å². The van der Waals surface area contributed by atoms with Gasteiger partial charge in [0, 0.05) is 29.6 Å². The Morgan fingerprint density at radius 2 is 1.91 bits per heavy atom. The van der Waals surface area contributed by atoms with Crippen molar-refractivity contribution in [1.82, 2.24) is 9.55 Å². The van der Waals surface area contributed by atoms with E-state index in [2.05, 4.69) is 33.8 Å². The summed E-state index contributed by atoms with van der Waals surface area (Å²) in [5, 5.41) is 1.20. The third-order valence-corrected chi connectivity index (χ3v) is 5.19. The Kier molecular flexibility index (Phi) is 5.08. The van der Waals surface area contributed by atoms with Gasteiger partial charge in [-0.1, -0.05) is 47.5 Å². The van der Waals surface area contributed by atoms with Gasteiger partial charge in [0.1, 0.15) is 0 Å². The summed E-state index contributed by atoms with van der Waals surface area (Å²) < 4.78 is 2.07. The van der Waals surface area contributed by atoms with Crippen LogP contribution in [0.25, 0.3) is 0 Å². The van der Waals surface area contributed by atoms with Crippen molar-refractivity contribution in [1.29, 1.82) is 0 Å². The van der Waals surface area contributed by atoms with E-state index in [4.69, 9.17) is 23.2 Å². The molecule has 1 aromatic heterocycles. The van der Waals surface area contributed by atoms with Crippen LogP contribution in [0.3, 0.4) is 0 Å². The predicted octanol–water partition coefficient (Wildman–Crippen LogP) is 5.53. The Hall–Kier alpha value is -1.42. The Labute approximate surface area is 144 Å². The van der Waals surface area contributed by atoms with Gasteiger partial charge in [-0.2, -0.15) is 0 Å². The Bertz CT molecular complexity index is 757. The number of halogens is 2. The number of benzene rings is 2. The van der Waals surface area contributed by atoms with Crippen LogP contribution in [0.2, 0.25) is 10.0 Å². The molecule has 0 radical (unpaired) electrons. The van der Waals surface area contributed by atoms with Crippen molar-refractivity contribution in [2.75, 3.05) is 0 Å². The molecule has 2 nitrogen and oxygen atoms in total. The maximum atomic E-state index is 6.07. The predicted molar refractivity (Wildman–Crippen MR) is 93.8 cm³/mol. The zero-order valence-corrected chi connectivity index (χ0v) is 14.1. The molecular formula is C17H14Cl2N2S. The summed E-state index contributed by atoms with van der Waals surface area (Å²) in [6, 6.07) is 14.2. The SMILES string of the molecule is Clc1ccc(CSc2ccccc2Cn2ccnc2)cc1Cl. The number of nitrogens with zero attached hydrogens (tertiary/aromatic N) is 2. The maximum Gasteiger partial charge on any atom is 0.0949 e. The molecule has 0 aliphatic rings. The quantitative estimate of drug-likeness (QED) is 0.564. The summed E-state index contributed by atoms with van der Waals surface area (Å²) in [5.74, 6) is 0.859. The van der Waals surface area contributed by atoms with Gasteiger partial charge >= 0.3 is 0 Å². The molecule has 0 atom stereocenters. The molecule has 3 aromatic rings. The molecule has 2 aromatic carbocycles. The van der Waals surface area contributed by atoms with E-state index in [1.165, 1.54) is 10.5 Å². The lowest BCUT2D eigenvalue weighted by Crippen LogP contribution is -1.98. The van der Waals surface area contributed by atoms with Crippen LogP contribution in [0.15, 0.2) is 66.1 Å². The molecular weight excluding hydrogens is 335 g/mol. The van der Waals surface area contributed by atoms with Crippen LogP contribution < -0.4 is 0 Å².